The van der Waals surface area contributed by atoms with Gasteiger partial charge in [0.1, 0.15) is 0 Å². The summed E-state index contributed by atoms with van der Waals surface area (Å²) in [6, 6.07) is 6.82. The molecule has 0 radical (unpaired) electrons. The number of nitrogens with two attached hydrogens (primary N) is 1. The standard InChI is InChI=1S/C19H29N3O4S/c20-15-19(9-1-2-10-19)21-18(23)8-5-16-3-6-17(7-4-16)27(24,25)22-11-13-26-14-12-22/h3-4,6-7H,1-2,5,8-15,20H2,(H,21,23). The molecule has 0 spiro atoms. The summed E-state index contributed by atoms with van der Waals surface area (Å²) in [6.07, 6.45) is 5.06. The van der Waals surface area contributed by atoms with Crippen LogP contribution in [0.15, 0.2) is 29.2 Å². The molecule has 1 aliphatic heterocycles. The first kappa shape index (κ1) is 20.3. The number of nitrogens with one attached hydrogen (secondary N) is 1. The summed E-state index contributed by atoms with van der Waals surface area (Å²) in [6.45, 7) is 2.10. The zero-order valence-electron chi connectivity index (χ0n) is 15.7. The van der Waals surface area contributed by atoms with E-state index in [4.69, 9.17) is 10.5 Å². The van der Waals surface area contributed by atoms with Gasteiger partial charge in [0.25, 0.3) is 0 Å². The van der Waals surface area contributed by atoms with E-state index in [0.29, 0.717) is 45.7 Å². The van der Waals surface area contributed by atoms with E-state index >= 15 is 0 Å². The molecule has 0 unspecified atom stereocenters. The highest BCUT2D eigenvalue weighted by molar-refractivity contribution is 7.89. The molecule has 1 amide bonds. The van der Waals surface area contributed by atoms with Crippen LogP contribution in [0.25, 0.3) is 0 Å². The van der Waals surface area contributed by atoms with Crippen LogP contribution in [-0.4, -0.2) is 57.0 Å². The van der Waals surface area contributed by atoms with E-state index in [1.165, 1.54) is 4.31 Å². The number of carbonyl (C=O) groups is 1. The summed E-state index contributed by atoms with van der Waals surface area (Å²) in [7, 11) is -3.48. The Hall–Kier alpha value is -1.48. The van der Waals surface area contributed by atoms with Crippen molar-refractivity contribution >= 4 is 15.9 Å². The van der Waals surface area contributed by atoms with Crippen molar-refractivity contribution in [1.82, 2.24) is 9.62 Å². The molecule has 0 aromatic heterocycles. The second-order valence-corrected chi connectivity index (χ2v) is 9.34. The van der Waals surface area contributed by atoms with E-state index in [1.807, 2.05) is 0 Å². The number of rotatable bonds is 7. The molecule has 2 aliphatic rings. The molecule has 1 saturated carbocycles. The van der Waals surface area contributed by atoms with E-state index in [1.54, 1.807) is 24.3 Å². The van der Waals surface area contributed by atoms with Crippen molar-refractivity contribution in [2.45, 2.75) is 49.0 Å². The van der Waals surface area contributed by atoms with Gasteiger partial charge in [0.15, 0.2) is 0 Å². The Morgan fingerprint density at radius 2 is 1.78 bits per heavy atom. The Labute approximate surface area is 161 Å². The van der Waals surface area contributed by atoms with Crippen LogP contribution in [-0.2, 0) is 26.0 Å². The van der Waals surface area contributed by atoms with E-state index in [2.05, 4.69) is 5.32 Å². The van der Waals surface area contributed by atoms with E-state index in [-0.39, 0.29) is 16.3 Å². The molecule has 3 N–H and O–H groups in total. The monoisotopic (exact) mass is 395 g/mol. The van der Waals surface area contributed by atoms with Crippen LogP contribution in [0.3, 0.4) is 0 Å². The third kappa shape index (κ3) is 4.87. The molecule has 3 rings (SSSR count). The number of amides is 1. The predicted octanol–water partition coefficient (Wildman–Crippen LogP) is 1.03. The van der Waals surface area contributed by atoms with Crippen LogP contribution in [0.2, 0.25) is 0 Å². The number of benzene rings is 1. The molecule has 0 bridgehead atoms. The highest BCUT2D eigenvalue weighted by Gasteiger charge is 2.33. The van der Waals surface area contributed by atoms with Gasteiger partial charge in [-0.25, -0.2) is 8.42 Å². The number of sulfonamides is 1. The van der Waals surface area contributed by atoms with Crippen LogP contribution >= 0.6 is 0 Å². The smallest absolute Gasteiger partial charge is 0.243 e. The van der Waals surface area contributed by atoms with Gasteiger partial charge in [-0.2, -0.15) is 4.31 Å². The maximum atomic E-state index is 12.6. The lowest BCUT2D eigenvalue weighted by molar-refractivity contribution is -0.122. The predicted molar refractivity (Wildman–Crippen MR) is 103 cm³/mol. The lowest BCUT2D eigenvalue weighted by Crippen LogP contribution is -2.51. The Bertz CT molecular complexity index is 737. The SMILES string of the molecule is NCC1(NC(=O)CCc2ccc(S(=O)(=O)N3CCOCC3)cc2)CCCC1. The molecule has 2 fully saturated rings. The first-order valence-electron chi connectivity index (χ1n) is 9.63. The van der Waals surface area contributed by atoms with Gasteiger partial charge in [-0.05, 0) is 37.0 Å². The number of nitrogens with zero attached hydrogens (tertiary/aromatic N) is 1. The quantitative estimate of drug-likeness (QED) is 0.718. The summed E-state index contributed by atoms with van der Waals surface area (Å²) in [5, 5.41) is 3.11. The van der Waals surface area contributed by atoms with Gasteiger partial charge in [0.05, 0.1) is 23.6 Å². The average molecular weight is 396 g/mol. The van der Waals surface area contributed by atoms with Gasteiger partial charge >= 0.3 is 0 Å². The molecular formula is C19H29N3O4S. The Kier molecular flexibility index (Phi) is 6.52. The van der Waals surface area contributed by atoms with Gasteiger partial charge < -0.3 is 15.8 Å². The highest BCUT2D eigenvalue weighted by Crippen LogP contribution is 2.28. The highest BCUT2D eigenvalue weighted by atomic mass is 32.2. The second kappa shape index (κ2) is 8.68. The summed E-state index contributed by atoms with van der Waals surface area (Å²) in [5.41, 5.74) is 6.57. The molecule has 1 aromatic carbocycles. The van der Waals surface area contributed by atoms with Crippen molar-refractivity contribution in [2.24, 2.45) is 5.73 Å². The Balaban J connectivity index is 1.55. The minimum Gasteiger partial charge on any atom is -0.379 e. The first-order valence-corrected chi connectivity index (χ1v) is 11.1. The normalized spacial score (nSPS) is 20.5. The van der Waals surface area contributed by atoms with Crippen molar-refractivity contribution in [1.29, 1.82) is 0 Å². The van der Waals surface area contributed by atoms with Crippen LogP contribution in [0.4, 0.5) is 0 Å². The number of hydrogen-bond donors (Lipinski definition) is 2. The summed E-state index contributed by atoms with van der Waals surface area (Å²) < 4.78 is 31.9. The molecule has 1 saturated heterocycles. The minimum absolute atomic E-state index is 0.00682. The fourth-order valence-electron chi connectivity index (χ4n) is 3.81. The van der Waals surface area contributed by atoms with Crippen molar-refractivity contribution in [3.8, 4) is 0 Å². The maximum Gasteiger partial charge on any atom is 0.243 e. The van der Waals surface area contributed by atoms with Crippen molar-refractivity contribution in [3.63, 3.8) is 0 Å². The lowest BCUT2D eigenvalue weighted by atomic mass is 9.97. The van der Waals surface area contributed by atoms with E-state index in [9.17, 15) is 13.2 Å². The second-order valence-electron chi connectivity index (χ2n) is 7.40. The van der Waals surface area contributed by atoms with Gasteiger partial charge in [-0.1, -0.05) is 25.0 Å². The van der Waals surface area contributed by atoms with Crippen LogP contribution in [0.1, 0.15) is 37.7 Å². The van der Waals surface area contributed by atoms with Crippen molar-refractivity contribution in [2.75, 3.05) is 32.8 Å². The molecule has 0 atom stereocenters. The third-order valence-corrected chi connectivity index (χ3v) is 7.44. The number of carbonyl (C=O) groups excluding carboxylic acids is 1. The fourth-order valence-corrected chi connectivity index (χ4v) is 5.22. The number of aryl methyl sites for hydroxylation is 1. The molecule has 1 aliphatic carbocycles. The van der Waals surface area contributed by atoms with Crippen LogP contribution in [0.5, 0.6) is 0 Å². The molecule has 27 heavy (non-hydrogen) atoms. The van der Waals surface area contributed by atoms with Crippen LogP contribution in [0, 0.1) is 0 Å². The molecule has 1 aromatic rings. The topological polar surface area (TPSA) is 102 Å². The molecule has 8 heteroatoms. The number of ether oxygens (including phenoxy) is 1. The summed E-state index contributed by atoms with van der Waals surface area (Å²) in [4.78, 5) is 12.6. The zero-order valence-corrected chi connectivity index (χ0v) is 16.5. The summed E-state index contributed by atoms with van der Waals surface area (Å²) >= 11 is 0. The van der Waals surface area contributed by atoms with Crippen molar-refractivity contribution in [3.05, 3.63) is 29.8 Å². The number of morpholine rings is 1. The summed E-state index contributed by atoms with van der Waals surface area (Å²) in [5.74, 6) is 0.00682. The van der Waals surface area contributed by atoms with E-state index < -0.39 is 10.0 Å². The zero-order chi connectivity index (χ0) is 19.3. The van der Waals surface area contributed by atoms with Gasteiger partial charge in [-0.3, -0.25) is 4.79 Å². The average Bonchev–Trinajstić information content (AvgIpc) is 3.16. The number of hydrogen-bond acceptors (Lipinski definition) is 5. The van der Waals surface area contributed by atoms with Crippen LogP contribution < -0.4 is 11.1 Å². The molecule has 1 heterocycles. The van der Waals surface area contributed by atoms with Gasteiger partial charge in [0.2, 0.25) is 15.9 Å². The Morgan fingerprint density at radius 3 is 2.37 bits per heavy atom. The van der Waals surface area contributed by atoms with E-state index in [0.717, 1.165) is 31.2 Å². The Morgan fingerprint density at radius 1 is 1.15 bits per heavy atom. The first-order chi connectivity index (χ1) is 13.0. The minimum atomic E-state index is -3.48. The largest absolute Gasteiger partial charge is 0.379 e. The third-order valence-electron chi connectivity index (χ3n) is 5.53. The maximum absolute atomic E-state index is 12.6. The lowest BCUT2D eigenvalue weighted by Gasteiger charge is -2.28. The molecule has 7 nitrogen and oxygen atoms in total. The van der Waals surface area contributed by atoms with Gasteiger partial charge in [0, 0.05) is 26.1 Å². The molecular weight excluding hydrogens is 366 g/mol. The van der Waals surface area contributed by atoms with Gasteiger partial charge in [-0.15, -0.1) is 0 Å². The molecule has 150 valence electrons. The van der Waals surface area contributed by atoms with Crippen molar-refractivity contribution < 1.29 is 17.9 Å². The fraction of sp³-hybridized carbons (Fsp3) is 0.632.